The molecule has 1 aromatic heterocycles. The van der Waals surface area contributed by atoms with Gasteiger partial charge in [0.2, 0.25) is 0 Å². The first kappa shape index (κ1) is 10.7. The quantitative estimate of drug-likeness (QED) is 0.739. The van der Waals surface area contributed by atoms with E-state index in [1.54, 1.807) is 12.3 Å². The first-order valence-electron chi connectivity index (χ1n) is 5.20. The molecule has 4 heteroatoms. The van der Waals surface area contributed by atoms with Crippen LogP contribution in [0, 0.1) is 0 Å². The third-order valence-corrected chi connectivity index (χ3v) is 3.04. The van der Waals surface area contributed by atoms with E-state index in [1.165, 1.54) is 19.4 Å². The van der Waals surface area contributed by atoms with E-state index in [2.05, 4.69) is 16.9 Å². The molecule has 0 radical (unpaired) electrons. The molecule has 1 aromatic rings. The van der Waals surface area contributed by atoms with Gasteiger partial charge in [-0.3, -0.25) is 0 Å². The Morgan fingerprint density at radius 2 is 2.47 bits per heavy atom. The van der Waals surface area contributed by atoms with Crippen LogP contribution in [-0.2, 0) is 0 Å². The van der Waals surface area contributed by atoms with Crippen molar-refractivity contribution in [3.8, 4) is 5.75 Å². The maximum absolute atomic E-state index is 5.69. The van der Waals surface area contributed by atoms with Crippen molar-refractivity contribution in [1.82, 2.24) is 9.88 Å². The van der Waals surface area contributed by atoms with E-state index < -0.39 is 0 Å². The fourth-order valence-corrected chi connectivity index (χ4v) is 1.94. The number of aromatic nitrogens is 1. The molecule has 1 saturated heterocycles. The van der Waals surface area contributed by atoms with E-state index in [0.717, 1.165) is 12.4 Å². The lowest BCUT2D eigenvalue weighted by molar-refractivity contribution is 0.198. The van der Waals surface area contributed by atoms with Gasteiger partial charge in [-0.2, -0.15) is 0 Å². The van der Waals surface area contributed by atoms with Gasteiger partial charge in [-0.1, -0.05) is 11.6 Å². The Kier molecular flexibility index (Phi) is 3.44. The summed E-state index contributed by atoms with van der Waals surface area (Å²) in [7, 11) is 2.14. The number of ether oxygens (including phenoxy) is 1. The normalized spacial score (nSPS) is 21.9. The fourth-order valence-electron chi connectivity index (χ4n) is 1.83. The van der Waals surface area contributed by atoms with Crippen molar-refractivity contribution in [1.29, 1.82) is 0 Å². The second-order valence-electron chi connectivity index (χ2n) is 3.90. The van der Waals surface area contributed by atoms with E-state index in [-0.39, 0.29) is 0 Å². The highest BCUT2D eigenvalue weighted by molar-refractivity contribution is 6.29. The van der Waals surface area contributed by atoms with Gasteiger partial charge in [0, 0.05) is 6.04 Å². The Morgan fingerprint density at radius 3 is 3.07 bits per heavy atom. The summed E-state index contributed by atoms with van der Waals surface area (Å²) >= 11 is 5.69. The van der Waals surface area contributed by atoms with Crippen LogP contribution in [0.2, 0.25) is 5.15 Å². The van der Waals surface area contributed by atoms with Crippen LogP contribution in [0.3, 0.4) is 0 Å². The molecule has 0 aliphatic carbocycles. The zero-order valence-electron chi connectivity index (χ0n) is 8.82. The van der Waals surface area contributed by atoms with Crippen molar-refractivity contribution in [2.24, 2.45) is 0 Å². The molecule has 0 aromatic carbocycles. The van der Waals surface area contributed by atoms with E-state index in [9.17, 15) is 0 Å². The van der Waals surface area contributed by atoms with Crippen molar-refractivity contribution in [2.75, 3.05) is 20.2 Å². The summed E-state index contributed by atoms with van der Waals surface area (Å²) in [5.41, 5.74) is 0. The number of rotatable bonds is 3. The average Bonchev–Trinajstić information content (AvgIpc) is 2.63. The monoisotopic (exact) mass is 226 g/mol. The van der Waals surface area contributed by atoms with Crippen LogP contribution in [0.5, 0.6) is 5.75 Å². The SMILES string of the molecule is CN1CCC[C@H]1COc1ccc(Cl)nc1. The molecule has 2 heterocycles. The van der Waals surface area contributed by atoms with Crippen molar-refractivity contribution >= 4 is 11.6 Å². The molecule has 15 heavy (non-hydrogen) atoms. The minimum atomic E-state index is 0.500. The van der Waals surface area contributed by atoms with E-state index >= 15 is 0 Å². The van der Waals surface area contributed by atoms with Crippen molar-refractivity contribution in [3.05, 3.63) is 23.5 Å². The summed E-state index contributed by atoms with van der Waals surface area (Å²) in [6.45, 7) is 1.91. The number of likely N-dealkylation sites (N-methyl/N-ethyl adjacent to an activating group) is 1. The van der Waals surface area contributed by atoms with Gasteiger partial charge in [-0.05, 0) is 38.6 Å². The second-order valence-corrected chi connectivity index (χ2v) is 4.29. The summed E-state index contributed by atoms with van der Waals surface area (Å²) in [6.07, 6.45) is 4.15. The van der Waals surface area contributed by atoms with Gasteiger partial charge in [0.25, 0.3) is 0 Å². The molecule has 0 spiro atoms. The molecule has 2 rings (SSSR count). The second kappa shape index (κ2) is 4.81. The third kappa shape index (κ3) is 2.83. The Morgan fingerprint density at radius 1 is 1.60 bits per heavy atom. The molecule has 1 atom stereocenters. The molecule has 1 aliphatic heterocycles. The van der Waals surface area contributed by atoms with Gasteiger partial charge in [-0.15, -0.1) is 0 Å². The van der Waals surface area contributed by atoms with Crippen molar-refractivity contribution in [3.63, 3.8) is 0 Å². The van der Waals surface area contributed by atoms with Crippen LogP contribution >= 0.6 is 11.6 Å². The highest BCUT2D eigenvalue weighted by Crippen LogP contribution is 2.17. The van der Waals surface area contributed by atoms with Gasteiger partial charge in [0.1, 0.15) is 17.5 Å². The molecule has 82 valence electrons. The standard InChI is InChI=1S/C11H15ClN2O/c1-14-6-2-3-9(14)8-15-10-4-5-11(12)13-7-10/h4-5,7,9H,2-3,6,8H2,1H3/t9-/m0/s1. The Bertz CT molecular complexity index is 315. The van der Waals surface area contributed by atoms with Crippen LogP contribution in [0.25, 0.3) is 0 Å². The van der Waals surface area contributed by atoms with Crippen LogP contribution in [0.4, 0.5) is 0 Å². The Hall–Kier alpha value is -0.800. The molecule has 0 unspecified atom stereocenters. The van der Waals surface area contributed by atoms with E-state index in [4.69, 9.17) is 16.3 Å². The van der Waals surface area contributed by atoms with Gasteiger partial charge in [0.05, 0.1) is 6.20 Å². The zero-order chi connectivity index (χ0) is 10.7. The third-order valence-electron chi connectivity index (χ3n) is 2.81. The molecule has 0 amide bonds. The lowest BCUT2D eigenvalue weighted by Gasteiger charge is -2.19. The smallest absolute Gasteiger partial charge is 0.137 e. The molecular formula is C11H15ClN2O. The maximum atomic E-state index is 5.69. The molecule has 1 fully saturated rings. The molecule has 1 aliphatic rings. The number of halogens is 1. The fraction of sp³-hybridized carbons (Fsp3) is 0.545. The van der Waals surface area contributed by atoms with Gasteiger partial charge < -0.3 is 9.64 Å². The number of hydrogen-bond donors (Lipinski definition) is 0. The summed E-state index contributed by atoms with van der Waals surface area (Å²) in [5, 5.41) is 0.500. The van der Waals surface area contributed by atoms with Crippen LogP contribution in [0.1, 0.15) is 12.8 Å². The number of nitrogens with zero attached hydrogens (tertiary/aromatic N) is 2. The van der Waals surface area contributed by atoms with Crippen LogP contribution in [0.15, 0.2) is 18.3 Å². The molecular weight excluding hydrogens is 212 g/mol. The first-order valence-corrected chi connectivity index (χ1v) is 5.58. The first-order chi connectivity index (χ1) is 7.25. The molecule has 0 N–H and O–H groups in total. The lowest BCUT2D eigenvalue weighted by Crippen LogP contribution is -2.30. The molecule has 3 nitrogen and oxygen atoms in total. The van der Waals surface area contributed by atoms with Crippen molar-refractivity contribution in [2.45, 2.75) is 18.9 Å². The zero-order valence-corrected chi connectivity index (χ0v) is 9.57. The predicted octanol–water partition coefficient (Wildman–Crippen LogP) is 2.21. The van der Waals surface area contributed by atoms with Crippen molar-refractivity contribution < 1.29 is 4.74 Å². The topological polar surface area (TPSA) is 25.4 Å². The highest BCUT2D eigenvalue weighted by Gasteiger charge is 2.21. The maximum Gasteiger partial charge on any atom is 0.137 e. The summed E-state index contributed by atoms with van der Waals surface area (Å²) in [5.74, 6) is 0.791. The average molecular weight is 227 g/mol. The van der Waals surface area contributed by atoms with Gasteiger partial charge in [-0.25, -0.2) is 4.98 Å². The van der Waals surface area contributed by atoms with E-state index in [0.29, 0.717) is 11.2 Å². The summed E-state index contributed by atoms with van der Waals surface area (Å²) in [4.78, 5) is 6.31. The number of pyridine rings is 1. The Labute approximate surface area is 95.0 Å². The minimum Gasteiger partial charge on any atom is -0.490 e. The molecule has 0 bridgehead atoms. The van der Waals surface area contributed by atoms with Crippen LogP contribution in [-0.4, -0.2) is 36.1 Å². The number of hydrogen-bond acceptors (Lipinski definition) is 3. The number of likely N-dealkylation sites (tertiary alicyclic amines) is 1. The molecule has 0 saturated carbocycles. The summed E-state index contributed by atoms with van der Waals surface area (Å²) in [6, 6.07) is 4.14. The highest BCUT2D eigenvalue weighted by atomic mass is 35.5. The lowest BCUT2D eigenvalue weighted by atomic mass is 10.2. The van der Waals surface area contributed by atoms with Gasteiger partial charge in [0.15, 0.2) is 0 Å². The van der Waals surface area contributed by atoms with E-state index in [1.807, 2.05) is 6.07 Å². The summed E-state index contributed by atoms with van der Waals surface area (Å²) < 4.78 is 5.65. The minimum absolute atomic E-state index is 0.500. The van der Waals surface area contributed by atoms with Crippen LogP contribution < -0.4 is 4.74 Å². The Balaban J connectivity index is 1.85. The largest absolute Gasteiger partial charge is 0.490 e. The van der Waals surface area contributed by atoms with Gasteiger partial charge >= 0.3 is 0 Å². The predicted molar refractivity (Wildman–Crippen MR) is 60.4 cm³/mol.